The van der Waals surface area contributed by atoms with Crippen LogP contribution in [0.3, 0.4) is 0 Å². The van der Waals surface area contributed by atoms with Crippen molar-refractivity contribution in [3.8, 4) is 0 Å². The molecule has 0 spiro atoms. The first-order valence-corrected chi connectivity index (χ1v) is 7.86. The average Bonchev–Trinajstić information content (AvgIpc) is 2.83. The summed E-state index contributed by atoms with van der Waals surface area (Å²) in [5.41, 5.74) is 5.89. The third kappa shape index (κ3) is 3.44. The first-order valence-electron chi connectivity index (χ1n) is 7.86. The number of rotatable bonds is 4. The normalized spacial score (nSPS) is 22.2. The summed E-state index contributed by atoms with van der Waals surface area (Å²) in [6.07, 6.45) is 6.48. The van der Waals surface area contributed by atoms with Crippen LogP contribution in [0.25, 0.3) is 0 Å². The number of piperidine rings is 1. The minimum absolute atomic E-state index is 0.00775. The van der Waals surface area contributed by atoms with E-state index in [2.05, 4.69) is 15.6 Å². The molecule has 1 aliphatic heterocycles. The number of carbonyl (C=O) groups excluding carboxylic acids is 2. The third-order valence-electron chi connectivity index (χ3n) is 4.37. The van der Waals surface area contributed by atoms with Crippen molar-refractivity contribution >= 4 is 17.6 Å². The van der Waals surface area contributed by atoms with Crippen LogP contribution in [0.2, 0.25) is 0 Å². The number of nitrogens with zero attached hydrogens (tertiary/aromatic N) is 4. The predicted molar refractivity (Wildman–Crippen MR) is 79.8 cm³/mol. The highest BCUT2D eigenvalue weighted by Gasteiger charge is 2.26. The van der Waals surface area contributed by atoms with E-state index >= 15 is 0 Å². The summed E-state index contributed by atoms with van der Waals surface area (Å²) in [5.74, 6) is 0.477. The van der Waals surface area contributed by atoms with E-state index in [1.54, 1.807) is 11.1 Å². The van der Waals surface area contributed by atoms with Gasteiger partial charge in [-0.2, -0.15) is 0 Å². The summed E-state index contributed by atoms with van der Waals surface area (Å²) >= 11 is 0. The highest BCUT2D eigenvalue weighted by molar-refractivity contribution is 5.92. The lowest BCUT2D eigenvalue weighted by molar-refractivity contribution is -0.133. The van der Waals surface area contributed by atoms with Gasteiger partial charge in [-0.25, -0.2) is 4.68 Å². The Morgan fingerprint density at radius 1 is 1.32 bits per heavy atom. The van der Waals surface area contributed by atoms with Crippen LogP contribution in [0.15, 0.2) is 6.20 Å². The lowest BCUT2D eigenvalue weighted by Crippen LogP contribution is -2.46. The summed E-state index contributed by atoms with van der Waals surface area (Å²) in [4.78, 5) is 25.8. The zero-order valence-electron chi connectivity index (χ0n) is 12.6. The van der Waals surface area contributed by atoms with Gasteiger partial charge in [0, 0.05) is 25.0 Å². The third-order valence-corrected chi connectivity index (χ3v) is 4.37. The minimum Gasteiger partial charge on any atom is -0.340 e. The molecule has 0 aromatic carbocycles. The lowest BCUT2D eigenvalue weighted by Gasteiger charge is -2.30. The van der Waals surface area contributed by atoms with E-state index in [1.807, 2.05) is 0 Å². The van der Waals surface area contributed by atoms with Crippen LogP contribution in [0.1, 0.15) is 32.1 Å². The zero-order chi connectivity index (χ0) is 15.5. The van der Waals surface area contributed by atoms with Gasteiger partial charge >= 0.3 is 0 Å². The number of hydrogen-bond acceptors (Lipinski definition) is 5. The van der Waals surface area contributed by atoms with Gasteiger partial charge in [0.25, 0.3) is 0 Å². The van der Waals surface area contributed by atoms with Crippen LogP contribution in [-0.2, 0) is 16.1 Å². The second-order valence-electron chi connectivity index (χ2n) is 6.16. The van der Waals surface area contributed by atoms with Gasteiger partial charge in [-0.05, 0) is 25.7 Å². The molecule has 2 fully saturated rings. The number of carbonyl (C=O) groups is 2. The zero-order valence-corrected chi connectivity index (χ0v) is 12.6. The van der Waals surface area contributed by atoms with Crippen molar-refractivity contribution in [1.82, 2.24) is 19.9 Å². The Balaban J connectivity index is 1.52. The van der Waals surface area contributed by atoms with Gasteiger partial charge in [0.05, 0.1) is 6.20 Å². The molecule has 3 rings (SSSR count). The number of anilines is 1. The van der Waals surface area contributed by atoms with Crippen molar-refractivity contribution in [3.63, 3.8) is 0 Å². The van der Waals surface area contributed by atoms with Gasteiger partial charge in [0.15, 0.2) is 5.82 Å². The maximum absolute atomic E-state index is 12.2. The SMILES string of the molecule is NC1CCCN(C(=O)Cn2cc(NC(=O)C3CCC3)nn2)C1. The van der Waals surface area contributed by atoms with Crippen molar-refractivity contribution in [3.05, 3.63) is 6.20 Å². The van der Waals surface area contributed by atoms with E-state index < -0.39 is 0 Å². The fourth-order valence-electron chi connectivity index (χ4n) is 2.81. The first kappa shape index (κ1) is 15.0. The predicted octanol–water partition coefficient (Wildman–Crippen LogP) is -0.0336. The van der Waals surface area contributed by atoms with Crippen molar-refractivity contribution < 1.29 is 9.59 Å². The van der Waals surface area contributed by atoms with E-state index in [0.29, 0.717) is 12.4 Å². The standard InChI is InChI=1S/C14H22N6O2/c15-11-5-2-6-19(7-11)13(21)9-20-8-12(17-18-20)16-14(22)10-3-1-4-10/h8,10-11H,1-7,9,15H2,(H,16,22). The summed E-state index contributed by atoms with van der Waals surface area (Å²) in [6, 6.07) is 0.0609. The van der Waals surface area contributed by atoms with Crippen molar-refractivity contribution in [2.75, 3.05) is 18.4 Å². The molecule has 1 aromatic rings. The molecular formula is C14H22N6O2. The Labute approximate surface area is 129 Å². The molecule has 2 amide bonds. The topological polar surface area (TPSA) is 106 Å². The molecule has 22 heavy (non-hydrogen) atoms. The molecule has 2 heterocycles. The van der Waals surface area contributed by atoms with E-state index in [0.717, 1.165) is 38.6 Å². The molecule has 120 valence electrons. The quantitative estimate of drug-likeness (QED) is 0.812. The maximum Gasteiger partial charge on any atom is 0.244 e. The molecule has 3 N–H and O–H groups in total. The molecule has 1 saturated carbocycles. The number of nitrogens with two attached hydrogens (primary N) is 1. The number of hydrogen-bond donors (Lipinski definition) is 2. The molecule has 0 bridgehead atoms. The Kier molecular flexibility index (Phi) is 4.37. The minimum atomic E-state index is -0.0167. The van der Waals surface area contributed by atoms with Gasteiger partial charge in [-0.3, -0.25) is 9.59 Å². The van der Waals surface area contributed by atoms with Crippen LogP contribution in [-0.4, -0.2) is 50.8 Å². The van der Waals surface area contributed by atoms with E-state index in [9.17, 15) is 9.59 Å². The number of nitrogens with one attached hydrogen (secondary N) is 1. The van der Waals surface area contributed by atoms with E-state index in [4.69, 9.17) is 5.73 Å². The van der Waals surface area contributed by atoms with Gasteiger partial charge in [0.1, 0.15) is 6.54 Å². The molecule has 2 aliphatic rings. The highest BCUT2D eigenvalue weighted by atomic mass is 16.2. The Morgan fingerprint density at radius 2 is 2.14 bits per heavy atom. The van der Waals surface area contributed by atoms with Gasteiger partial charge < -0.3 is 16.0 Å². The molecule has 1 aliphatic carbocycles. The fraction of sp³-hybridized carbons (Fsp3) is 0.714. The average molecular weight is 306 g/mol. The second-order valence-corrected chi connectivity index (χ2v) is 6.16. The molecule has 1 aromatic heterocycles. The molecule has 8 nitrogen and oxygen atoms in total. The van der Waals surface area contributed by atoms with Crippen molar-refractivity contribution in [1.29, 1.82) is 0 Å². The second kappa shape index (κ2) is 6.43. The van der Waals surface area contributed by atoms with Crippen molar-refractivity contribution in [2.24, 2.45) is 11.7 Å². The number of amides is 2. The summed E-state index contributed by atoms with van der Waals surface area (Å²) in [5, 5.41) is 10.5. The van der Waals surface area contributed by atoms with Gasteiger partial charge in [0.2, 0.25) is 11.8 Å². The highest BCUT2D eigenvalue weighted by Crippen LogP contribution is 2.27. The monoisotopic (exact) mass is 306 g/mol. The molecule has 0 radical (unpaired) electrons. The molecule has 8 heteroatoms. The fourth-order valence-corrected chi connectivity index (χ4v) is 2.81. The van der Waals surface area contributed by atoms with Gasteiger partial charge in [-0.15, -0.1) is 5.10 Å². The number of aromatic nitrogens is 3. The number of likely N-dealkylation sites (tertiary alicyclic amines) is 1. The van der Waals surface area contributed by atoms with Crippen LogP contribution in [0.5, 0.6) is 0 Å². The Hall–Kier alpha value is -1.96. The molecule has 1 unspecified atom stereocenters. The van der Waals surface area contributed by atoms with E-state index in [-0.39, 0.29) is 30.3 Å². The van der Waals surface area contributed by atoms with Crippen molar-refractivity contribution in [2.45, 2.75) is 44.7 Å². The van der Waals surface area contributed by atoms with Gasteiger partial charge in [-0.1, -0.05) is 11.6 Å². The Morgan fingerprint density at radius 3 is 2.82 bits per heavy atom. The van der Waals surface area contributed by atoms with Crippen LogP contribution in [0.4, 0.5) is 5.82 Å². The molecule has 1 atom stereocenters. The summed E-state index contributed by atoms with van der Waals surface area (Å²) in [7, 11) is 0. The van der Waals surface area contributed by atoms with E-state index in [1.165, 1.54) is 4.68 Å². The van der Waals surface area contributed by atoms with Crippen LogP contribution < -0.4 is 11.1 Å². The maximum atomic E-state index is 12.2. The smallest absolute Gasteiger partial charge is 0.244 e. The lowest BCUT2D eigenvalue weighted by atomic mass is 9.85. The first-order chi connectivity index (χ1) is 10.6. The summed E-state index contributed by atoms with van der Waals surface area (Å²) in [6.45, 7) is 1.46. The largest absolute Gasteiger partial charge is 0.340 e. The van der Waals surface area contributed by atoms with Crippen LogP contribution >= 0.6 is 0 Å². The molecular weight excluding hydrogens is 284 g/mol. The van der Waals surface area contributed by atoms with Crippen LogP contribution in [0, 0.1) is 5.92 Å². The molecule has 1 saturated heterocycles. The summed E-state index contributed by atoms with van der Waals surface area (Å²) < 4.78 is 1.46. The Bertz CT molecular complexity index is 553.